The molecule has 1 fully saturated rings. The number of nitrogens with zero attached hydrogens (tertiary/aromatic N) is 5. The molecule has 2 aromatic heterocycles. The van der Waals surface area contributed by atoms with Crippen LogP contribution in [0.4, 0.5) is 5.69 Å². The lowest BCUT2D eigenvalue weighted by atomic mass is 10.1. The molecule has 7 heteroatoms. The van der Waals surface area contributed by atoms with Crippen molar-refractivity contribution >= 4 is 27.5 Å². The van der Waals surface area contributed by atoms with Crippen LogP contribution in [0.25, 0.3) is 33.2 Å². The molecule has 2 N–H and O–H groups in total. The van der Waals surface area contributed by atoms with Crippen molar-refractivity contribution in [3.05, 3.63) is 42.2 Å². The van der Waals surface area contributed by atoms with Gasteiger partial charge in [0.1, 0.15) is 5.75 Å². The van der Waals surface area contributed by atoms with Crippen LogP contribution in [-0.4, -0.2) is 50.5 Å². The highest BCUT2D eigenvalue weighted by Gasteiger charge is 2.18. The van der Waals surface area contributed by atoms with Crippen molar-refractivity contribution in [2.45, 2.75) is 19.9 Å². The van der Waals surface area contributed by atoms with Crippen molar-refractivity contribution in [1.82, 2.24) is 25.1 Å². The molecule has 7 nitrogen and oxygen atoms in total. The van der Waals surface area contributed by atoms with E-state index in [2.05, 4.69) is 40.4 Å². The Hall–Kier alpha value is -3.19. The van der Waals surface area contributed by atoms with Crippen LogP contribution in [0.5, 0.6) is 5.75 Å². The minimum atomic E-state index is 0.140. The maximum Gasteiger partial charge on any atom is 0.163 e. The molecule has 1 atom stereocenters. The summed E-state index contributed by atoms with van der Waals surface area (Å²) in [5, 5.41) is 20.3. The predicted molar refractivity (Wildman–Crippen MR) is 115 cm³/mol. The molecular formula is C22H24N6O. The Morgan fingerprint density at radius 2 is 2.00 bits per heavy atom. The van der Waals surface area contributed by atoms with Gasteiger partial charge in [-0.2, -0.15) is 5.10 Å². The molecule has 2 aromatic carbocycles. The lowest BCUT2D eigenvalue weighted by molar-refractivity contribution is 0.477. The molecule has 0 aliphatic carbocycles. The number of anilines is 1. The SMILES string of the molecule is Cc1nc(-c2cc3cn(C)nc3cc2O)nc2ccc(N3CCNC(C)C3)cc12. The van der Waals surface area contributed by atoms with E-state index in [1.807, 2.05) is 26.2 Å². The summed E-state index contributed by atoms with van der Waals surface area (Å²) >= 11 is 0. The second-order valence-electron chi connectivity index (χ2n) is 7.87. The largest absolute Gasteiger partial charge is 0.507 e. The van der Waals surface area contributed by atoms with Gasteiger partial charge in [0.05, 0.1) is 16.6 Å². The summed E-state index contributed by atoms with van der Waals surface area (Å²) in [5.74, 6) is 0.670. The number of nitrogens with one attached hydrogen (secondary N) is 1. The summed E-state index contributed by atoms with van der Waals surface area (Å²) in [5.41, 5.74) is 4.35. The Morgan fingerprint density at radius 3 is 2.83 bits per heavy atom. The van der Waals surface area contributed by atoms with Crippen LogP contribution in [0, 0.1) is 6.92 Å². The highest BCUT2D eigenvalue weighted by Crippen LogP contribution is 2.33. The minimum absolute atomic E-state index is 0.140. The van der Waals surface area contributed by atoms with Gasteiger partial charge in [0.2, 0.25) is 0 Å². The molecule has 1 aliphatic rings. The number of fused-ring (bicyclic) bond motifs is 2. The quantitative estimate of drug-likeness (QED) is 0.550. The van der Waals surface area contributed by atoms with E-state index in [1.54, 1.807) is 10.7 Å². The monoisotopic (exact) mass is 388 g/mol. The molecule has 0 saturated carbocycles. The average molecular weight is 388 g/mol. The lowest BCUT2D eigenvalue weighted by Crippen LogP contribution is -2.49. The number of rotatable bonds is 2. The van der Waals surface area contributed by atoms with Crippen molar-refractivity contribution in [1.29, 1.82) is 0 Å². The van der Waals surface area contributed by atoms with E-state index in [4.69, 9.17) is 9.97 Å². The van der Waals surface area contributed by atoms with Crippen molar-refractivity contribution in [2.75, 3.05) is 24.5 Å². The zero-order valence-corrected chi connectivity index (χ0v) is 16.8. The van der Waals surface area contributed by atoms with Crippen molar-refractivity contribution in [2.24, 2.45) is 7.05 Å². The fourth-order valence-electron chi connectivity index (χ4n) is 4.12. The highest BCUT2D eigenvalue weighted by atomic mass is 16.3. The molecule has 0 bridgehead atoms. The Morgan fingerprint density at radius 1 is 1.14 bits per heavy atom. The van der Waals surface area contributed by atoms with Gasteiger partial charge in [-0.3, -0.25) is 4.68 Å². The molecule has 1 saturated heterocycles. The van der Waals surface area contributed by atoms with Crippen LogP contribution in [-0.2, 0) is 7.05 Å². The fourth-order valence-corrected chi connectivity index (χ4v) is 4.12. The predicted octanol–water partition coefficient (Wildman–Crippen LogP) is 3.00. The zero-order chi connectivity index (χ0) is 20.1. The van der Waals surface area contributed by atoms with Crippen LogP contribution in [0.1, 0.15) is 12.6 Å². The first-order valence-corrected chi connectivity index (χ1v) is 9.91. The molecule has 0 amide bonds. The number of aryl methyl sites for hydroxylation is 2. The van der Waals surface area contributed by atoms with Crippen LogP contribution < -0.4 is 10.2 Å². The molecule has 0 spiro atoms. The second kappa shape index (κ2) is 6.70. The first kappa shape index (κ1) is 17.9. The molecule has 148 valence electrons. The summed E-state index contributed by atoms with van der Waals surface area (Å²) in [7, 11) is 1.87. The van der Waals surface area contributed by atoms with E-state index < -0.39 is 0 Å². The zero-order valence-electron chi connectivity index (χ0n) is 16.8. The van der Waals surface area contributed by atoms with Crippen molar-refractivity contribution in [3.8, 4) is 17.1 Å². The van der Waals surface area contributed by atoms with Crippen LogP contribution >= 0.6 is 0 Å². The summed E-state index contributed by atoms with van der Waals surface area (Å²) in [4.78, 5) is 11.9. The summed E-state index contributed by atoms with van der Waals surface area (Å²) in [6.07, 6.45) is 1.92. The van der Waals surface area contributed by atoms with Crippen LogP contribution in [0.15, 0.2) is 36.5 Å². The van der Waals surface area contributed by atoms with E-state index in [-0.39, 0.29) is 5.75 Å². The normalized spacial score (nSPS) is 17.3. The summed E-state index contributed by atoms with van der Waals surface area (Å²) in [6.45, 7) is 7.18. The summed E-state index contributed by atoms with van der Waals surface area (Å²) in [6, 6.07) is 10.4. The van der Waals surface area contributed by atoms with Gasteiger partial charge in [-0.1, -0.05) is 0 Å². The van der Waals surface area contributed by atoms with E-state index >= 15 is 0 Å². The maximum atomic E-state index is 10.5. The van der Waals surface area contributed by atoms with Crippen molar-refractivity contribution in [3.63, 3.8) is 0 Å². The maximum absolute atomic E-state index is 10.5. The standard InChI is InChI=1S/C22H24N6O/c1-13-11-28(7-6-23-13)16-4-5-19-17(9-16)14(2)24-22(25-19)18-8-15-12-27(3)26-20(15)10-21(18)29/h4-5,8-10,12-13,23,29H,6-7,11H2,1-3H3. The van der Waals surface area contributed by atoms with Gasteiger partial charge in [0, 0.05) is 67.1 Å². The first-order valence-electron chi connectivity index (χ1n) is 9.91. The minimum Gasteiger partial charge on any atom is -0.507 e. The first-order chi connectivity index (χ1) is 14.0. The Labute approximate surface area is 169 Å². The van der Waals surface area contributed by atoms with Gasteiger partial charge in [-0.05, 0) is 38.1 Å². The number of benzene rings is 2. The van der Waals surface area contributed by atoms with E-state index in [0.29, 0.717) is 17.4 Å². The molecule has 1 aliphatic heterocycles. The number of aromatic hydroxyl groups is 1. The Bertz CT molecular complexity index is 1230. The fraction of sp³-hybridized carbons (Fsp3) is 0.318. The van der Waals surface area contributed by atoms with E-state index in [1.165, 1.54) is 5.69 Å². The third-order valence-electron chi connectivity index (χ3n) is 5.58. The van der Waals surface area contributed by atoms with Gasteiger partial charge in [0.25, 0.3) is 0 Å². The number of hydrogen-bond acceptors (Lipinski definition) is 6. The van der Waals surface area contributed by atoms with Crippen LogP contribution in [0.3, 0.4) is 0 Å². The third-order valence-corrected chi connectivity index (χ3v) is 5.58. The Kier molecular flexibility index (Phi) is 4.13. The summed E-state index contributed by atoms with van der Waals surface area (Å²) < 4.78 is 1.74. The molecule has 4 aromatic rings. The van der Waals surface area contributed by atoms with Gasteiger partial charge in [0.15, 0.2) is 5.82 Å². The van der Waals surface area contributed by atoms with Gasteiger partial charge < -0.3 is 15.3 Å². The molecule has 29 heavy (non-hydrogen) atoms. The third kappa shape index (κ3) is 3.17. The van der Waals surface area contributed by atoms with E-state index in [9.17, 15) is 5.11 Å². The molecule has 3 heterocycles. The number of aromatic nitrogens is 4. The van der Waals surface area contributed by atoms with Gasteiger partial charge in [-0.15, -0.1) is 0 Å². The molecular weight excluding hydrogens is 364 g/mol. The number of phenols is 1. The smallest absolute Gasteiger partial charge is 0.163 e. The molecule has 5 rings (SSSR count). The lowest BCUT2D eigenvalue weighted by Gasteiger charge is -2.33. The van der Waals surface area contributed by atoms with Crippen LogP contribution in [0.2, 0.25) is 0 Å². The number of hydrogen-bond donors (Lipinski definition) is 2. The van der Waals surface area contributed by atoms with Gasteiger partial charge >= 0.3 is 0 Å². The second-order valence-corrected chi connectivity index (χ2v) is 7.87. The van der Waals surface area contributed by atoms with E-state index in [0.717, 1.165) is 47.1 Å². The Balaban J connectivity index is 1.58. The topological polar surface area (TPSA) is 79.1 Å². The molecule has 0 radical (unpaired) electrons. The number of phenolic OH excluding ortho intramolecular Hbond substituents is 1. The average Bonchev–Trinajstić information content (AvgIpc) is 3.06. The molecule has 1 unspecified atom stereocenters. The number of piperazine rings is 1. The van der Waals surface area contributed by atoms with Gasteiger partial charge in [-0.25, -0.2) is 9.97 Å². The van der Waals surface area contributed by atoms with Crippen molar-refractivity contribution < 1.29 is 5.11 Å². The highest BCUT2D eigenvalue weighted by molar-refractivity contribution is 5.89.